The van der Waals surface area contributed by atoms with Crippen molar-refractivity contribution < 1.29 is 25.2 Å². The molecule has 0 aromatic rings. The first kappa shape index (κ1) is 71.0. The molecule has 0 fully saturated rings. The van der Waals surface area contributed by atoms with Gasteiger partial charge in [-0.3, -0.25) is 4.79 Å². The minimum Gasteiger partial charge on any atom is -0.394 e. The van der Waals surface area contributed by atoms with Gasteiger partial charge in [-0.05, 0) is 96.3 Å². The van der Waals surface area contributed by atoms with Gasteiger partial charge in [-0.15, -0.1) is 0 Å². The van der Waals surface area contributed by atoms with Crippen molar-refractivity contribution in [3.8, 4) is 0 Å². The molecule has 1 amide bonds. The quantitative estimate of drug-likeness (QED) is 0.0308. The summed E-state index contributed by atoms with van der Waals surface area (Å²) in [6, 6.07) is -1.01. The average Bonchev–Trinajstić information content (AvgIpc) is 3.40. The second-order valence-corrected chi connectivity index (χ2v) is 22.1. The van der Waals surface area contributed by atoms with E-state index in [4.69, 9.17) is 0 Å². The minimum absolute atomic E-state index is 0.358. The Morgan fingerprint density at radius 1 is 0.342 bits per heavy atom. The number of amides is 1. The molecular formula is C67H125NO5. The van der Waals surface area contributed by atoms with Gasteiger partial charge in [-0.2, -0.15) is 0 Å². The lowest BCUT2D eigenvalue weighted by molar-refractivity contribution is -0.132. The summed E-state index contributed by atoms with van der Waals surface area (Å²) in [7, 11) is 0. The maximum atomic E-state index is 12.6. The van der Waals surface area contributed by atoms with Crippen LogP contribution in [0.4, 0.5) is 0 Å². The van der Waals surface area contributed by atoms with Gasteiger partial charge < -0.3 is 25.7 Å². The van der Waals surface area contributed by atoms with Crippen LogP contribution in [0, 0.1) is 0 Å². The topological polar surface area (TPSA) is 110 Å². The third-order valence-electron chi connectivity index (χ3n) is 14.9. The zero-order valence-electron chi connectivity index (χ0n) is 48.6. The Labute approximate surface area is 454 Å². The van der Waals surface area contributed by atoms with Crippen LogP contribution in [0.2, 0.25) is 0 Å². The van der Waals surface area contributed by atoms with Crippen LogP contribution in [0.25, 0.3) is 0 Å². The van der Waals surface area contributed by atoms with E-state index >= 15 is 0 Å². The lowest BCUT2D eigenvalue weighted by Crippen LogP contribution is -2.53. The number of carbonyl (C=O) groups excluding carboxylic acids is 1. The molecule has 0 aliphatic carbocycles. The van der Waals surface area contributed by atoms with E-state index in [0.29, 0.717) is 19.3 Å². The molecule has 0 spiro atoms. The summed E-state index contributed by atoms with van der Waals surface area (Å²) in [5.74, 6) is -0.598. The van der Waals surface area contributed by atoms with Crippen molar-refractivity contribution in [3.63, 3.8) is 0 Å². The third-order valence-corrected chi connectivity index (χ3v) is 14.9. The largest absolute Gasteiger partial charge is 0.394 e. The van der Waals surface area contributed by atoms with E-state index < -0.39 is 36.9 Å². The number of aliphatic hydroxyl groups excluding tert-OH is 4. The van der Waals surface area contributed by atoms with E-state index in [1.165, 1.54) is 238 Å². The highest BCUT2D eigenvalue weighted by Crippen LogP contribution is 2.18. The Morgan fingerprint density at radius 3 is 0.945 bits per heavy atom. The highest BCUT2D eigenvalue weighted by Gasteiger charge is 2.28. The van der Waals surface area contributed by atoms with Crippen molar-refractivity contribution in [2.45, 2.75) is 353 Å². The van der Waals surface area contributed by atoms with Crippen LogP contribution in [-0.4, -0.2) is 57.3 Å². The number of nitrogens with one attached hydrogen (secondary N) is 1. The van der Waals surface area contributed by atoms with E-state index in [-0.39, 0.29) is 0 Å². The van der Waals surface area contributed by atoms with Gasteiger partial charge in [0.15, 0.2) is 0 Å². The Kier molecular flexibility index (Phi) is 59.2. The summed E-state index contributed by atoms with van der Waals surface area (Å²) < 4.78 is 0. The molecule has 5 N–H and O–H groups in total. The van der Waals surface area contributed by atoms with Crippen molar-refractivity contribution in [1.82, 2.24) is 5.32 Å². The van der Waals surface area contributed by atoms with Gasteiger partial charge in [-0.1, -0.05) is 293 Å². The molecule has 4 unspecified atom stereocenters. The standard InChI is InChI=1S/C67H125NO5/c1-3-5-7-9-11-13-15-17-19-21-23-24-25-26-27-28-29-30-31-32-33-34-35-36-37-38-39-40-41-43-45-47-49-51-53-55-57-59-61-65(71)67(73)68-63(62-69)66(72)64(70)60-58-56-54-52-50-48-46-44-42-22-20-18-16-14-12-10-8-6-4-2/h18,20,29-30,32-33,44,46,52,54,63-66,69-72H,3-17,19,21-28,31,34-43,45,47-51,53,55-62H2,1-2H3,(H,68,73)/b20-18+,30-29-,33-32-,46-44+,54-52+. The Balaban J connectivity index is 3.59. The predicted octanol–water partition coefficient (Wildman–Crippen LogP) is 19.5. The molecule has 0 heterocycles. The smallest absolute Gasteiger partial charge is 0.249 e. The van der Waals surface area contributed by atoms with Gasteiger partial charge in [0.1, 0.15) is 12.2 Å². The number of carbonyl (C=O) groups is 1. The van der Waals surface area contributed by atoms with E-state index in [1.54, 1.807) is 0 Å². The number of aliphatic hydroxyl groups is 4. The van der Waals surface area contributed by atoms with Crippen LogP contribution < -0.4 is 5.32 Å². The first-order chi connectivity index (χ1) is 36.0. The Morgan fingerprint density at radius 2 is 0.616 bits per heavy atom. The van der Waals surface area contributed by atoms with E-state index in [1.807, 2.05) is 0 Å². The molecule has 4 atom stereocenters. The lowest BCUT2D eigenvalue weighted by atomic mass is 10.00. The molecule has 6 heteroatoms. The summed E-state index contributed by atoms with van der Waals surface area (Å²) in [6.45, 7) is 4.06. The van der Waals surface area contributed by atoms with E-state index in [2.05, 4.69) is 79.9 Å². The molecular weight excluding hydrogens is 899 g/mol. The number of unbranched alkanes of at least 4 members (excludes halogenated alkanes) is 40. The minimum atomic E-state index is -1.30. The molecule has 428 valence electrons. The Hall–Kier alpha value is -1.99. The average molecular weight is 1020 g/mol. The van der Waals surface area contributed by atoms with E-state index in [9.17, 15) is 25.2 Å². The molecule has 0 aromatic carbocycles. The molecule has 6 nitrogen and oxygen atoms in total. The SMILES string of the molecule is CCCCCCCC/C=C/CC/C=C/CC/C=C/CCCC(O)C(O)C(CO)NC(=O)C(O)CCCCCCCCCCCCCCCCCC/C=C\C/C=C\CCCCCCCCCCCCCCCCC. The molecule has 0 aromatic heterocycles. The fraction of sp³-hybridized carbons (Fsp3) is 0.836. The summed E-state index contributed by atoms with van der Waals surface area (Å²) in [5.41, 5.74) is 0. The molecule has 0 rings (SSSR count). The van der Waals surface area contributed by atoms with E-state index in [0.717, 1.165) is 57.8 Å². The Bertz CT molecular complexity index is 1240. The van der Waals surface area contributed by atoms with Gasteiger partial charge in [0.2, 0.25) is 5.91 Å². The van der Waals surface area contributed by atoms with Crippen molar-refractivity contribution in [1.29, 1.82) is 0 Å². The first-order valence-corrected chi connectivity index (χ1v) is 32.2. The van der Waals surface area contributed by atoms with Crippen molar-refractivity contribution in [3.05, 3.63) is 60.8 Å². The number of hydrogen-bond acceptors (Lipinski definition) is 5. The molecule has 0 saturated heterocycles. The normalized spacial score (nSPS) is 14.0. The second kappa shape index (κ2) is 60.9. The van der Waals surface area contributed by atoms with Gasteiger partial charge in [0.25, 0.3) is 0 Å². The van der Waals surface area contributed by atoms with Crippen molar-refractivity contribution >= 4 is 5.91 Å². The number of allylic oxidation sites excluding steroid dienone is 10. The predicted molar refractivity (Wildman–Crippen MR) is 320 cm³/mol. The van der Waals surface area contributed by atoms with Gasteiger partial charge in [0.05, 0.1) is 18.8 Å². The van der Waals surface area contributed by atoms with Gasteiger partial charge in [0, 0.05) is 0 Å². The van der Waals surface area contributed by atoms with Gasteiger partial charge in [-0.25, -0.2) is 0 Å². The van der Waals surface area contributed by atoms with Crippen molar-refractivity contribution in [2.75, 3.05) is 6.61 Å². The maximum Gasteiger partial charge on any atom is 0.249 e. The number of hydrogen-bond donors (Lipinski definition) is 5. The summed E-state index contributed by atoms with van der Waals surface area (Å²) in [5, 5.41) is 44.0. The summed E-state index contributed by atoms with van der Waals surface area (Å²) >= 11 is 0. The molecule has 0 aliphatic rings. The van der Waals surface area contributed by atoms with Crippen LogP contribution >= 0.6 is 0 Å². The fourth-order valence-electron chi connectivity index (χ4n) is 9.88. The van der Waals surface area contributed by atoms with Crippen molar-refractivity contribution in [2.24, 2.45) is 0 Å². The molecule has 0 saturated carbocycles. The first-order valence-electron chi connectivity index (χ1n) is 32.2. The van der Waals surface area contributed by atoms with Crippen LogP contribution in [0.1, 0.15) is 328 Å². The summed E-state index contributed by atoms with van der Waals surface area (Å²) in [4.78, 5) is 12.6. The molecule has 0 radical (unpaired) electrons. The zero-order chi connectivity index (χ0) is 53.0. The highest BCUT2D eigenvalue weighted by molar-refractivity contribution is 5.80. The maximum absolute atomic E-state index is 12.6. The van der Waals surface area contributed by atoms with Crippen LogP contribution in [0.5, 0.6) is 0 Å². The second-order valence-electron chi connectivity index (χ2n) is 22.1. The highest BCUT2D eigenvalue weighted by atomic mass is 16.3. The van der Waals surface area contributed by atoms with Crippen LogP contribution in [-0.2, 0) is 4.79 Å². The lowest BCUT2D eigenvalue weighted by Gasteiger charge is -2.27. The summed E-state index contributed by atoms with van der Waals surface area (Å²) in [6.07, 6.45) is 80.4. The van der Waals surface area contributed by atoms with Gasteiger partial charge >= 0.3 is 0 Å². The van der Waals surface area contributed by atoms with Crippen LogP contribution in [0.3, 0.4) is 0 Å². The fourth-order valence-corrected chi connectivity index (χ4v) is 9.88. The number of rotatable bonds is 59. The molecule has 0 bridgehead atoms. The molecule has 73 heavy (non-hydrogen) atoms. The molecule has 0 aliphatic heterocycles. The zero-order valence-corrected chi connectivity index (χ0v) is 48.6. The van der Waals surface area contributed by atoms with Crippen LogP contribution in [0.15, 0.2) is 60.8 Å². The monoisotopic (exact) mass is 1020 g/mol. The third kappa shape index (κ3) is 54.6.